The van der Waals surface area contributed by atoms with Crippen molar-refractivity contribution in [2.75, 3.05) is 0 Å². The van der Waals surface area contributed by atoms with Crippen molar-refractivity contribution in [1.82, 2.24) is 0 Å². The van der Waals surface area contributed by atoms with E-state index < -0.39 is 0 Å². The van der Waals surface area contributed by atoms with E-state index in [-0.39, 0.29) is 5.78 Å². The maximum Gasteiger partial charge on any atom is 0.135 e. The van der Waals surface area contributed by atoms with Crippen LogP contribution in [0.4, 0.5) is 0 Å². The number of Topliss-reactive ketones (excluding diaryl/α,β-unsaturated/α-hetero) is 1. The van der Waals surface area contributed by atoms with Crippen molar-refractivity contribution in [3.63, 3.8) is 0 Å². The van der Waals surface area contributed by atoms with Gasteiger partial charge in [-0.3, -0.25) is 4.79 Å². The Morgan fingerprint density at radius 1 is 1.75 bits per heavy atom. The third-order valence-corrected chi connectivity index (χ3v) is 1.08. The first kappa shape index (κ1) is 7.70. The van der Waals surface area contributed by atoms with Crippen LogP contribution in [0.3, 0.4) is 0 Å². The lowest BCUT2D eigenvalue weighted by Crippen LogP contribution is -1.87. The van der Waals surface area contributed by atoms with Gasteiger partial charge in [0, 0.05) is 11.5 Å². The molecule has 0 heterocycles. The molecule has 0 rings (SSSR count). The van der Waals surface area contributed by atoms with Crippen LogP contribution in [-0.4, -0.2) is 5.78 Å². The average molecular weight is 133 g/mol. The Bertz CT molecular complexity index is 116. The molecule has 0 bridgehead atoms. The highest BCUT2D eigenvalue weighted by atomic mass is 35.5. The molecule has 0 aliphatic carbocycles. The summed E-state index contributed by atoms with van der Waals surface area (Å²) in [5, 5.41) is 0.623. The van der Waals surface area contributed by atoms with E-state index in [0.29, 0.717) is 11.5 Å². The van der Waals surface area contributed by atoms with Crippen molar-refractivity contribution in [3.05, 3.63) is 11.1 Å². The number of rotatable bonds is 2. The molecular formula is C6H9ClO. The number of carbonyl (C=O) groups is 1. The summed E-state index contributed by atoms with van der Waals surface area (Å²) in [6.07, 6.45) is 2.10. The van der Waals surface area contributed by atoms with Crippen LogP contribution in [0.1, 0.15) is 20.3 Å². The molecule has 0 aliphatic heterocycles. The first-order chi connectivity index (χ1) is 3.66. The van der Waals surface area contributed by atoms with Gasteiger partial charge in [-0.05, 0) is 13.8 Å². The Morgan fingerprint density at radius 2 is 2.25 bits per heavy atom. The lowest BCUT2D eigenvalue weighted by atomic mass is 10.3. The SMILES string of the molecule is CC=C(Cl)CC(C)=O. The highest BCUT2D eigenvalue weighted by Gasteiger charge is 1.93. The minimum Gasteiger partial charge on any atom is -0.300 e. The van der Waals surface area contributed by atoms with Crippen LogP contribution in [0.25, 0.3) is 0 Å². The molecule has 0 fully saturated rings. The first-order valence-corrected chi connectivity index (χ1v) is 2.84. The van der Waals surface area contributed by atoms with Crippen LogP contribution in [-0.2, 0) is 4.79 Å². The molecule has 46 valence electrons. The van der Waals surface area contributed by atoms with E-state index >= 15 is 0 Å². The summed E-state index contributed by atoms with van der Waals surface area (Å²) in [5.41, 5.74) is 0. The zero-order valence-electron chi connectivity index (χ0n) is 5.07. The Labute approximate surface area is 54.3 Å². The molecule has 0 unspecified atom stereocenters. The zero-order valence-corrected chi connectivity index (χ0v) is 5.83. The number of ketones is 1. The molecule has 0 atom stereocenters. The topological polar surface area (TPSA) is 17.1 Å². The molecule has 0 aromatic carbocycles. The second-order valence-corrected chi connectivity index (χ2v) is 2.10. The average Bonchev–Trinajstić information content (AvgIpc) is 1.65. The van der Waals surface area contributed by atoms with Crippen molar-refractivity contribution in [2.45, 2.75) is 20.3 Å². The van der Waals surface area contributed by atoms with E-state index in [0.717, 1.165) is 0 Å². The standard InChI is InChI=1S/C6H9ClO/c1-3-6(7)4-5(2)8/h3H,4H2,1-2H3. The second kappa shape index (κ2) is 3.67. The predicted molar refractivity (Wildman–Crippen MR) is 34.9 cm³/mol. The Hall–Kier alpha value is -0.300. The highest BCUT2D eigenvalue weighted by Crippen LogP contribution is 2.05. The van der Waals surface area contributed by atoms with Gasteiger partial charge in [0.05, 0.1) is 0 Å². The molecular weight excluding hydrogens is 124 g/mol. The minimum absolute atomic E-state index is 0.105. The zero-order chi connectivity index (χ0) is 6.57. The van der Waals surface area contributed by atoms with Crippen LogP contribution in [0.15, 0.2) is 11.1 Å². The first-order valence-electron chi connectivity index (χ1n) is 2.47. The van der Waals surface area contributed by atoms with Gasteiger partial charge in [-0.25, -0.2) is 0 Å². The summed E-state index contributed by atoms with van der Waals surface area (Å²) in [6, 6.07) is 0. The molecule has 0 N–H and O–H groups in total. The number of carbonyl (C=O) groups excluding carboxylic acids is 1. The summed E-state index contributed by atoms with van der Waals surface area (Å²) in [4.78, 5) is 10.3. The smallest absolute Gasteiger partial charge is 0.135 e. The molecule has 1 nitrogen and oxygen atoms in total. The monoisotopic (exact) mass is 132 g/mol. The van der Waals surface area contributed by atoms with Crippen molar-refractivity contribution >= 4 is 17.4 Å². The second-order valence-electron chi connectivity index (χ2n) is 1.61. The molecule has 0 aromatic rings. The number of halogens is 1. The van der Waals surface area contributed by atoms with Crippen LogP contribution < -0.4 is 0 Å². The number of hydrogen-bond acceptors (Lipinski definition) is 1. The van der Waals surface area contributed by atoms with E-state index in [9.17, 15) is 4.79 Å². The summed E-state index contributed by atoms with van der Waals surface area (Å²) in [6.45, 7) is 3.33. The minimum atomic E-state index is 0.105. The maximum atomic E-state index is 10.3. The summed E-state index contributed by atoms with van der Waals surface area (Å²) < 4.78 is 0. The Kier molecular flexibility index (Phi) is 3.53. The normalized spacial score (nSPS) is 11.6. The van der Waals surface area contributed by atoms with E-state index in [1.54, 1.807) is 6.08 Å². The quantitative estimate of drug-likeness (QED) is 0.563. The van der Waals surface area contributed by atoms with Gasteiger partial charge in [0.1, 0.15) is 5.78 Å². The van der Waals surface area contributed by atoms with E-state index in [2.05, 4.69) is 0 Å². The van der Waals surface area contributed by atoms with Gasteiger partial charge in [-0.1, -0.05) is 17.7 Å². The van der Waals surface area contributed by atoms with Gasteiger partial charge in [0.2, 0.25) is 0 Å². The fraction of sp³-hybridized carbons (Fsp3) is 0.500. The third-order valence-electron chi connectivity index (χ3n) is 0.731. The van der Waals surface area contributed by atoms with Gasteiger partial charge in [-0.2, -0.15) is 0 Å². The van der Waals surface area contributed by atoms with Crippen molar-refractivity contribution in [1.29, 1.82) is 0 Å². The number of allylic oxidation sites excluding steroid dienone is 2. The molecule has 0 aromatic heterocycles. The van der Waals surface area contributed by atoms with Gasteiger partial charge >= 0.3 is 0 Å². The van der Waals surface area contributed by atoms with E-state index in [1.165, 1.54) is 6.92 Å². The maximum absolute atomic E-state index is 10.3. The van der Waals surface area contributed by atoms with Gasteiger partial charge in [0.25, 0.3) is 0 Å². The van der Waals surface area contributed by atoms with Crippen LogP contribution in [0.5, 0.6) is 0 Å². The van der Waals surface area contributed by atoms with Gasteiger partial charge < -0.3 is 0 Å². The Balaban J connectivity index is 3.56. The summed E-state index contributed by atoms with van der Waals surface area (Å²) in [5.74, 6) is 0.105. The third kappa shape index (κ3) is 3.88. The Morgan fingerprint density at radius 3 is 2.38 bits per heavy atom. The molecule has 0 saturated heterocycles. The number of hydrogen-bond donors (Lipinski definition) is 0. The molecule has 0 saturated carbocycles. The lowest BCUT2D eigenvalue weighted by molar-refractivity contribution is -0.116. The fourth-order valence-electron chi connectivity index (χ4n) is 0.340. The van der Waals surface area contributed by atoms with Crippen molar-refractivity contribution in [2.24, 2.45) is 0 Å². The molecule has 0 aliphatic rings. The van der Waals surface area contributed by atoms with Crippen molar-refractivity contribution < 1.29 is 4.79 Å². The summed E-state index contributed by atoms with van der Waals surface area (Å²) >= 11 is 5.50. The summed E-state index contributed by atoms with van der Waals surface area (Å²) in [7, 11) is 0. The van der Waals surface area contributed by atoms with Gasteiger partial charge in [-0.15, -0.1) is 0 Å². The fourth-order valence-corrected chi connectivity index (χ4v) is 0.528. The van der Waals surface area contributed by atoms with Crippen LogP contribution in [0.2, 0.25) is 0 Å². The molecule has 8 heavy (non-hydrogen) atoms. The molecule has 2 heteroatoms. The van der Waals surface area contributed by atoms with Gasteiger partial charge in [0.15, 0.2) is 0 Å². The van der Waals surface area contributed by atoms with Crippen LogP contribution >= 0.6 is 11.6 Å². The highest BCUT2D eigenvalue weighted by molar-refractivity contribution is 6.30. The lowest BCUT2D eigenvalue weighted by Gasteiger charge is -1.88. The largest absolute Gasteiger partial charge is 0.300 e. The van der Waals surface area contributed by atoms with E-state index in [4.69, 9.17) is 11.6 Å². The predicted octanol–water partition coefficient (Wildman–Crippen LogP) is 2.11. The van der Waals surface area contributed by atoms with Crippen LogP contribution in [0, 0.1) is 0 Å². The molecule has 0 spiro atoms. The molecule has 0 amide bonds. The van der Waals surface area contributed by atoms with E-state index in [1.807, 2.05) is 6.92 Å². The molecule has 0 radical (unpaired) electrons. The van der Waals surface area contributed by atoms with Crippen molar-refractivity contribution in [3.8, 4) is 0 Å².